The van der Waals surface area contributed by atoms with Crippen molar-refractivity contribution in [2.75, 3.05) is 38.0 Å². The van der Waals surface area contributed by atoms with Crippen molar-refractivity contribution in [2.24, 2.45) is 5.92 Å². The van der Waals surface area contributed by atoms with Gasteiger partial charge in [-0.2, -0.15) is 0 Å². The first kappa shape index (κ1) is 17.0. The van der Waals surface area contributed by atoms with E-state index in [1.165, 1.54) is 18.2 Å². The maximum absolute atomic E-state index is 13.2. The predicted molar refractivity (Wildman–Crippen MR) is 89.5 cm³/mol. The number of anilines is 1. The van der Waals surface area contributed by atoms with Gasteiger partial charge in [-0.25, -0.2) is 9.18 Å². The Balaban J connectivity index is 1.71. The third-order valence-corrected chi connectivity index (χ3v) is 4.75. The van der Waals surface area contributed by atoms with Crippen LogP contribution in [0, 0.1) is 11.7 Å². The fourth-order valence-electron chi connectivity index (χ4n) is 3.20. The Morgan fingerprint density at radius 2 is 2.17 bits per heavy atom. The average molecular weight is 355 g/mol. The van der Waals surface area contributed by atoms with E-state index < -0.39 is 5.82 Å². The second-order valence-corrected chi connectivity index (χ2v) is 6.63. The number of benzene rings is 1. The molecular weight excluding hydrogens is 335 g/mol. The number of amides is 3. The lowest BCUT2D eigenvalue weighted by Crippen LogP contribution is -2.50. The van der Waals surface area contributed by atoms with Crippen molar-refractivity contribution in [1.82, 2.24) is 15.1 Å². The molecule has 2 heterocycles. The number of urea groups is 1. The topological polar surface area (TPSA) is 64.7 Å². The van der Waals surface area contributed by atoms with Gasteiger partial charge in [0.15, 0.2) is 0 Å². The molecule has 6 nitrogen and oxygen atoms in total. The SMILES string of the molecule is CCN1C[C@H]2CN(C(=O)Nc3ccc(F)c(Cl)c3)C[C@@H](C1)C(=O)N2. The molecule has 0 radical (unpaired) electrons. The normalized spacial score (nSPS) is 24.3. The number of nitrogens with one attached hydrogen (secondary N) is 2. The van der Waals surface area contributed by atoms with E-state index in [4.69, 9.17) is 11.6 Å². The van der Waals surface area contributed by atoms with Gasteiger partial charge in [0.1, 0.15) is 5.82 Å². The molecule has 1 aromatic rings. The molecular formula is C16H20ClFN4O2. The summed E-state index contributed by atoms with van der Waals surface area (Å²) in [6.45, 7) is 5.12. The van der Waals surface area contributed by atoms with Gasteiger partial charge in [0, 0.05) is 31.9 Å². The van der Waals surface area contributed by atoms with E-state index in [1.54, 1.807) is 4.90 Å². The fraction of sp³-hybridized carbons (Fsp3) is 0.500. The average Bonchev–Trinajstić information content (AvgIpc) is 2.77. The Morgan fingerprint density at radius 1 is 1.38 bits per heavy atom. The summed E-state index contributed by atoms with van der Waals surface area (Å²) in [5.74, 6) is -0.787. The molecule has 2 saturated heterocycles. The van der Waals surface area contributed by atoms with Crippen LogP contribution in [0.3, 0.4) is 0 Å². The van der Waals surface area contributed by atoms with Crippen molar-refractivity contribution in [2.45, 2.75) is 13.0 Å². The number of rotatable bonds is 2. The second-order valence-electron chi connectivity index (χ2n) is 6.22. The molecule has 2 aliphatic heterocycles. The highest BCUT2D eigenvalue weighted by Gasteiger charge is 2.36. The summed E-state index contributed by atoms with van der Waals surface area (Å²) in [7, 11) is 0. The standard InChI is InChI=1S/C16H20ClFN4O2/c1-2-21-6-10-7-22(9-12(8-21)19-15(10)23)16(24)20-11-3-4-14(18)13(17)5-11/h3-5,10,12H,2,6-9H2,1H3,(H,19,23)(H,20,24)/t10-,12+/m1/s1. The minimum atomic E-state index is -0.534. The van der Waals surface area contributed by atoms with Crippen molar-refractivity contribution in [1.29, 1.82) is 0 Å². The molecule has 0 unspecified atom stereocenters. The van der Waals surface area contributed by atoms with E-state index in [1.807, 2.05) is 0 Å². The van der Waals surface area contributed by atoms with Crippen LogP contribution < -0.4 is 10.6 Å². The van der Waals surface area contributed by atoms with Crippen molar-refractivity contribution in [3.8, 4) is 0 Å². The zero-order valence-corrected chi connectivity index (χ0v) is 14.1. The van der Waals surface area contributed by atoms with E-state index in [0.29, 0.717) is 25.3 Å². The molecule has 130 valence electrons. The fourth-order valence-corrected chi connectivity index (χ4v) is 3.38. The Labute approximate surface area is 144 Å². The lowest BCUT2D eigenvalue weighted by molar-refractivity contribution is -0.124. The van der Waals surface area contributed by atoms with Gasteiger partial charge in [-0.05, 0) is 24.7 Å². The van der Waals surface area contributed by atoms with E-state index in [0.717, 1.165) is 13.1 Å². The zero-order chi connectivity index (χ0) is 17.3. The molecule has 2 atom stereocenters. The van der Waals surface area contributed by atoms with Crippen molar-refractivity contribution in [3.05, 3.63) is 29.0 Å². The van der Waals surface area contributed by atoms with Gasteiger partial charge in [0.25, 0.3) is 0 Å². The summed E-state index contributed by atoms with van der Waals surface area (Å²) in [5.41, 5.74) is 0.426. The molecule has 8 heteroatoms. The molecule has 3 rings (SSSR count). The van der Waals surface area contributed by atoms with E-state index in [2.05, 4.69) is 22.5 Å². The monoisotopic (exact) mass is 354 g/mol. The largest absolute Gasteiger partial charge is 0.350 e. The maximum Gasteiger partial charge on any atom is 0.321 e. The summed E-state index contributed by atoms with van der Waals surface area (Å²) in [6.07, 6.45) is 0. The molecule has 2 aliphatic rings. The van der Waals surface area contributed by atoms with Gasteiger partial charge in [-0.15, -0.1) is 0 Å². The van der Waals surface area contributed by atoms with Gasteiger partial charge in [-0.3, -0.25) is 4.79 Å². The molecule has 0 saturated carbocycles. The van der Waals surface area contributed by atoms with Crippen LogP contribution in [0.25, 0.3) is 0 Å². The number of nitrogens with zero attached hydrogens (tertiary/aromatic N) is 2. The van der Waals surface area contributed by atoms with E-state index in [-0.39, 0.29) is 28.9 Å². The number of likely N-dealkylation sites (N-methyl/N-ethyl adjacent to an activating group) is 1. The van der Waals surface area contributed by atoms with Crippen LogP contribution >= 0.6 is 11.6 Å². The second kappa shape index (κ2) is 6.94. The number of hydrogen-bond donors (Lipinski definition) is 2. The quantitative estimate of drug-likeness (QED) is 0.850. The number of halogens is 2. The maximum atomic E-state index is 13.2. The third kappa shape index (κ3) is 3.62. The molecule has 2 N–H and O–H groups in total. The first-order valence-electron chi connectivity index (χ1n) is 8.00. The molecule has 1 aromatic carbocycles. The summed E-state index contributed by atoms with van der Waals surface area (Å²) >= 11 is 5.74. The first-order valence-corrected chi connectivity index (χ1v) is 8.37. The van der Waals surface area contributed by atoms with Crippen molar-refractivity contribution >= 4 is 29.2 Å². The van der Waals surface area contributed by atoms with Crippen LogP contribution in [0.5, 0.6) is 0 Å². The van der Waals surface area contributed by atoms with Gasteiger partial charge in [0.2, 0.25) is 5.91 Å². The van der Waals surface area contributed by atoms with Gasteiger partial charge < -0.3 is 20.4 Å². The van der Waals surface area contributed by atoms with Crippen LogP contribution in [0.15, 0.2) is 18.2 Å². The van der Waals surface area contributed by atoms with Gasteiger partial charge >= 0.3 is 6.03 Å². The smallest absolute Gasteiger partial charge is 0.321 e. The van der Waals surface area contributed by atoms with Crippen LogP contribution in [-0.2, 0) is 4.79 Å². The minimum Gasteiger partial charge on any atom is -0.350 e. The lowest BCUT2D eigenvalue weighted by Gasteiger charge is -2.32. The number of carbonyl (C=O) groups excluding carboxylic acids is 2. The molecule has 24 heavy (non-hydrogen) atoms. The predicted octanol–water partition coefficient (Wildman–Crippen LogP) is 1.76. The molecule has 2 bridgehead atoms. The Kier molecular flexibility index (Phi) is 4.91. The van der Waals surface area contributed by atoms with Crippen molar-refractivity contribution < 1.29 is 14.0 Å². The Bertz CT molecular complexity index is 657. The van der Waals surface area contributed by atoms with E-state index in [9.17, 15) is 14.0 Å². The Hall–Kier alpha value is -1.86. The summed E-state index contributed by atoms with van der Waals surface area (Å²) in [4.78, 5) is 28.6. The molecule has 3 amide bonds. The highest BCUT2D eigenvalue weighted by molar-refractivity contribution is 6.31. The highest BCUT2D eigenvalue weighted by Crippen LogP contribution is 2.21. The third-order valence-electron chi connectivity index (χ3n) is 4.46. The van der Waals surface area contributed by atoms with Crippen LogP contribution in [0.1, 0.15) is 6.92 Å². The number of hydrogen-bond acceptors (Lipinski definition) is 3. The minimum absolute atomic E-state index is 0.00363. The number of carbonyl (C=O) groups is 2. The molecule has 0 spiro atoms. The van der Waals surface area contributed by atoms with Crippen LogP contribution in [0.4, 0.5) is 14.9 Å². The van der Waals surface area contributed by atoms with E-state index >= 15 is 0 Å². The summed E-state index contributed by atoms with van der Waals surface area (Å²) < 4.78 is 13.2. The van der Waals surface area contributed by atoms with Crippen molar-refractivity contribution in [3.63, 3.8) is 0 Å². The summed E-state index contributed by atoms with van der Waals surface area (Å²) in [5, 5.41) is 5.67. The highest BCUT2D eigenvalue weighted by atomic mass is 35.5. The summed E-state index contributed by atoms with van der Waals surface area (Å²) in [6, 6.07) is 3.64. The van der Waals surface area contributed by atoms with Gasteiger partial charge in [0.05, 0.1) is 17.0 Å². The Morgan fingerprint density at radius 3 is 2.88 bits per heavy atom. The van der Waals surface area contributed by atoms with Crippen LogP contribution in [-0.4, -0.2) is 60.5 Å². The lowest BCUT2D eigenvalue weighted by atomic mass is 10.1. The van der Waals surface area contributed by atoms with Gasteiger partial charge in [-0.1, -0.05) is 18.5 Å². The molecule has 2 fully saturated rings. The zero-order valence-electron chi connectivity index (χ0n) is 13.4. The molecule has 0 aromatic heterocycles. The molecule has 0 aliphatic carbocycles. The first-order chi connectivity index (χ1) is 11.5. The van der Waals surface area contributed by atoms with Crippen LogP contribution in [0.2, 0.25) is 5.02 Å². The number of fused-ring (bicyclic) bond motifs is 3.